The van der Waals surface area contributed by atoms with E-state index < -0.39 is 0 Å². The first-order chi connectivity index (χ1) is 14.2. The highest BCUT2D eigenvalue weighted by atomic mass is 35.5. The van der Waals surface area contributed by atoms with E-state index in [-0.39, 0.29) is 24.2 Å². The van der Waals surface area contributed by atoms with E-state index in [4.69, 9.17) is 4.74 Å². The standard InChI is InChI=1S/C21H24N6O2.ClH/c1-26-20(18(10-23-26)29-11-17-16-7-14(16)9-22-17)13-4-5-27-15(6-13)8-19(25-27)24-21(28)12-2-3-12;/h4-6,8,10,12,14,16-17,22H,2-3,7,9,11H2,1H3,(H,24,25,28);1H/t14-,16-,17+;/m1./s1. The minimum absolute atomic E-state index is 0. The molecule has 0 aromatic carbocycles. The Morgan fingerprint density at radius 2 is 2.23 bits per heavy atom. The number of hydrogen-bond donors (Lipinski definition) is 2. The van der Waals surface area contributed by atoms with E-state index in [1.54, 1.807) is 10.7 Å². The number of pyridine rings is 1. The van der Waals surface area contributed by atoms with Crippen molar-refractivity contribution in [2.75, 3.05) is 18.5 Å². The van der Waals surface area contributed by atoms with Gasteiger partial charge in [0.05, 0.1) is 11.7 Å². The number of nitrogens with zero attached hydrogens (tertiary/aromatic N) is 4. The Labute approximate surface area is 180 Å². The van der Waals surface area contributed by atoms with Gasteiger partial charge < -0.3 is 15.4 Å². The molecule has 3 fully saturated rings. The first-order valence-electron chi connectivity index (χ1n) is 10.3. The highest BCUT2D eigenvalue weighted by Crippen LogP contribution is 2.45. The maximum absolute atomic E-state index is 12.0. The van der Waals surface area contributed by atoms with Crippen LogP contribution in [0.4, 0.5) is 5.82 Å². The van der Waals surface area contributed by atoms with E-state index in [2.05, 4.69) is 20.8 Å². The van der Waals surface area contributed by atoms with Crippen LogP contribution in [0.15, 0.2) is 30.6 Å². The fourth-order valence-electron chi connectivity index (χ4n) is 4.44. The molecule has 30 heavy (non-hydrogen) atoms. The molecule has 0 unspecified atom stereocenters. The van der Waals surface area contributed by atoms with Gasteiger partial charge in [-0.1, -0.05) is 0 Å². The summed E-state index contributed by atoms with van der Waals surface area (Å²) in [5.41, 5.74) is 2.87. The number of carbonyl (C=O) groups excluding carboxylic acids is 1. The van der Waals surface area contributed by atoms with E-state index in [9.17, 15) is 4.79 Å². The van der Waals surface area contributed by atoms with Gasteiger partial charge in [0.25, 0.3) is 0 Å². The molecule has 1 aliphatic heterocycles. The van der Waals surface area contributed by atoms with Crippen LogP contribution in [0, 0.1) is 17.8 Å². The third-order valence-corrected chi connectivity index (χ3v) is 6.40. The molecule has 1 saturated heterocycles. The van der Waals surface area contributed by atoms with E-state index in [0.717, 1.165) is 53.7 Å². The van der Waals surface area contributed by atoms with Crippen molar-refractivity contribution >= 4 is 29.6 Å². The largest absolute Gasteiger partial charge is 0.488 e. The molecule has 0 radical (unpaired) electrons. The first-order valence-corrected chi connectivity index (χ1v) is 10.3. The second-order valence-corrected chi connectivity index (χ2v) is 8.54. The summed E-state index contributed by atoms with van der Waals surface area (Å²) in [5.74, 6) is 3.24. The van der Waals surface area contributed by atoms with E-state index in [1.165, 1.54) is 6.42 Å². The van der Waals surface area contributed by atoms with Gasteiger partial charge in [0.1, 0.15) is 12.3 Å². The highest BCUT2D eigenvalue weighted by molar-refractivity contribution is 5.93. The minimum atomic E-state index is 0. The Balaban J connectivity index is 0.00000193. The van der Waals surface area contributed by atoms with Crippen molar-refractivity contribution in [2.45, 2.75) is 25.3 Å². The number of aryl methyl sites for hydroxylation is 1. The number of amides is 1. The summed E-state index contributed by atoms with van der Waals surface area (Å²) in [6, 6.07) is 6.40. The molecule has 3 aromatic heterocycles. The molecule has 1 amide bonds. The number of carbonyl (C=O) groups is 1. The maximum Gasteiger partial charge on any atom is 0.228 e. The molecular weight excluding hydrogens is 404 g/mol. The molecular formula is C21H25ClN6O2. The van der Waals surface area contributed by atoms with Crippen molar-refractivity contribution in [1.82, 2.24) is 24.7 Å². The number of nitrogens with one attached hydrogen (secondary N) is 2. The van der Waals surface area contributed by atoms with E-state index >= 15 is 0 Å². The fourth-order valence-corrected chi connectivity index (χ4v) is 4.44. The molecule has 2 saturated carbocycles. The normalized spacial score (nSPS) is 24.4. The maximum atomic E-state index is 12.0. The van der Waals surface area contributed by atoms with Crippen molar-refractivity contribution in [3.8, 4) is 17.0 Å². The Hall–Kier alpha value is -2.58. The zero-order chi connectivity index (χ0) is 19.5. The summed E-state index contributed by atoms with van der Waals surface area (Å²) < 4.78 is 9.79. The number of fused-ring (bicyclic) bond motifs is 2. The van der Waals surface area contributed by atoms with E-state index in [0.29, 0.717) is 18.5 Å². The van der Waals surface area contributed by atoms with Crippen molar-refractivity contribution in [3.05, 3.63) is 30.6 Å². The zero-order valence-corrected chi connectivity index (χ0v) is 17.6. The Morgan fingerprint density at radius 3 is 2.97 bits per heavy atom. The van der Waals surface area contributed by atoms with Crippen LogP contribution >= 0.6 is 12.4 Å². The lowest BCUT2D eigenvalue weighted by Gasteiger charge is -2.15. The van der Waals surface area contributed by atoms with Gasteiger partial charge in [-0.2, -0.15) is 10.2 Å². The van der Waals surface area contributed by atoms with Crippen molar-refractivity contribution in [3.63, 3.8) is 0 Å². The third kappa shape index (κ3) is 3.44. The van der Waals surface area contributed by atoms with Gasteiger partial charge in [0, 0.05) is 36.8 Å². The van der Waals surface area contributed by atoms with Crippen molar-refractivity contribution in [1.29, 1.82) is 0 Å². The summed E-state index contributed by atoms with van der Waals surface area (Å²) in [4.78, 5) is 12.0. The molecule has 4 heterocycles. The van der Waals surface area contributed by atoms with Gasteiger partial charge in [-0.15, -0.1) is 12.4 Å². The summed E-state index contributed by atoms with van der Waals surface area (Å²) in [6.45, 7) is 1.79. The Bertz CT molecular complexity index is 1100. The summed E-state index contributed by atoms with van der Waals surface area (Å²) >= 11 is 0. The molecule has 6 rings (SSSR count). The molecule has 8 nitrogen and oxygen atoms in total. The molecule has 9 heteroatoms. The van der Waals surface area contributed by atoms with Crippen LogP contribution in [0.1, 0.15) is 19.3 Å². The molecule has 0 bridgehead atoms. The topological polar surface area (TPSA) is 85.5 Å². The number of anilines is 1. The van der Waals surface area contributed by atoms with Crippen LogP contribution in [0.25, 0.3) is 16.8 Å². The third-order valence-electron chi connectivity index (χ3n) is 6.40. The monoisotopic (exact) mass is 428 g/mol. The van der Waals surface area contributed by atoms with Crippen LogP contribution in [-0.4, -0.2) is 44.5 Å². The lowest BCUT2D eigenvalue weighted by molar-refractivity contribution is -0.117. The number of ether oxygens (including phenoxy) is 1. The van der Waals surface area contributed by atoms with Gasteiger partial charge in [-0.25, -0.2) is 4.52 Å². The Morgan fingerprint density at radius 1 is 1.37 bits per heavy atom. The second kappa shape index (κ2) is 7.28. The van der Waals surface area contributed by atoms with Gasteiger partial charge in [0.15, 0.2) is 11.6 Å². The van der Waals surface area contributed by atoms with Crippen LogP contribution in [0.2, 0.25) is 0 Å². The van der Waals surface area contributed by atoms with Crippen LogP contribution < -0.4 is 15.4 Å². The van der Waals surface area contributed by atoms with Crippen molar-refractivity contribution in [2.24, 2.45) is 24.8 Å². The minimum Gasteiger partial charge on any atom is -0.488 e. The number of piperidine rings is 1. The molecule has 0 spiro atoms. The quantitative estimate of drug-likeness (QED) is 0.630. The number of halogens is 1. The predicted octanol–water partition coefficient (Wildman–Crippen LogP) is 2.49. The average molecular weight is 429 g/mol. The lowest BCUT2D eigenvalue weighted by Crippen LogP contribution is -2.32. The summed E-state index contributed by atoms with van der Waals surface area (Å²) in [7, 11) is 1.93. The van der Waals surface area contributed by atoms with Gasteiger partial charge in [0.2, 0.25) is 5.91 Å². The van der Waals surface area contributed by atoms with Gasteiger partial charge >= 0.3 is 0 Å². The lowest BCUT2D eigenvalue weighted by atomic mass is 10.1. The van der Waals surface area contributed by atoms with E-state index in [1.807, 2.05) is 36.1 Å². The first kappa shape index (κ1) is 19.4. The summed E-state index contributed by atoms with van der Waals surface area (Å²) in [6.07, 6.45) is 6.98. The number of hydrogen-bond acceptors (Lipinski definition) is 5. The smallest absolute Gasteiger partial charge is 0.228 e. The molecule has 2 N–H and O–H groups in total. The second-order valence-electron chi connectivity index (χ2n) is 8.54. The van der Waals surface area contributed by atoms with Crippen LogP contribution in [0.5, 0.6) is 5.75 Å². The van der Waals surface area contributed by atoms with Crippen LogP contribution in [-0.2, 0) is 11.8 Å². The molecule has 3 aromatic rings. The van der Waals surface area contributed by atoms with Gasteiger partial charge in [-0.05, 0) is 49.8 Å². The van der Waals surface area contributed by atoms with Gasteiger partial charge in [-0.3, -0.25) is 9.48 Å². The fraction of sp³-hybridized carbons (Fsp3) is 0.476. The summed E-state index contributed by atoms with van der Waals surface area (Å²) in [5, 5.41) is 15.3. The predicted molar refractivity (Wildman–Crippen MR) is 115 cm³/mol. The van der Waals surface area contributed by atoms with Crippen molar-refractivity contribution < 1.29 is 9.53 Å². The van der Waals surface area contributed by atoms with Crippen LogP contribution in [0.3, 0.4) is 0 Å². The molecule has 3 atom stereocenters. The number of aromatic nitrogens is 4. The average Bonchev–Trinajstić information content (AvgIpc) is 3.60. The molecule has 3 aliphatic rings. The number of rotatable bonds is 6. The zero-order valence-electron chi connectivity index (χ0n) is 16.7. The SMILES string of the molecule is Cl.Cn1ncc(OC[C@@H]2NC[C@H]3C[C@H]32)c1-c1ccn2nc(NC(=O)C3CC3)cc2c1. The molecule has 158 valence electrons. The highest BCUT2D eigenvalue weighted by Gasteiger charge is 2.48. The molecule has 2 aliphatic carbocycles. The Kier molecular flexibility index (Phi) is 4.71.